The molecule has 1 saturated carbocycles. The number of hydrogen-bond acceptors (Lipinski definition) is 3. The lowest BCUT2D eigenvalue weighted by Gasteiger charge is -2.42. The van der Waals surface area contributed by atoms with Gasteiger partial charge in [-0.05, 0) is 68.9 Å². The fourth-order valence-electron chi connectivity index (χ4n) is 3.74. The summed E-state index contributed by atoms with van der Waals surface area (Å²) in [5.74, 6) is -1.12. The summed E-state index contributed by atoms with van der Waals surface area (Å²) in [6, 6.07) is 1.88. The van der Waals surface area contributed by atoms with Gasteiger partial charge in [0.25, 0.3) is 0 Å². The number of halogens is 5. The van der Waals surface area contributed by atoms with Crippen LogP contribution in [-0.2, 0) is 11.8 Å². The van der Waals surface area contributed by atoms with Gasteiger partial charge in [0.1, 0.15) is 11.5 Å². The Morgan fingerprint density at radius 2 is 2.03 bits per heavy atom. The molecule has 1 aliphatic heterocycles. The van der Waals surface area contributed by atoms with Crippen LogP contribution in [0.2, 0.25) is 0 Å². The largest absolute Gasteiger partial charge is 0.416 e. The average Bonchev–Trinajstić information content (AvgIpc) is 3.05. The topological polar surface area (TPSA) is 37.1 Å². The van der Waals surface area contributed by atoms with Crippen molar-refractivity contribution in [3.8, 4) is 0 Å². The maximum absolute atomic E-state index is 15.1. The second kappa shape index (κ2) is 8.62. The highest BCUT2D eigenvalue weighted by Crippen LogP contribution is 2.52. The second-order valence-electron chi connectivity index (χ2n) is 7.60. The lowest BCUT2D eigenvalue weighted by atomic mass is 9.67. The molecular weight excluding hydrogens is 401 g/mol. The number of allylic oxidation sites excluding steroid dienone is 2. The van der Waals surface area contributed by atoms with E-state index in [0.717, 1.165) is 11.3 Å². The summed E-state index contributed by atoms with van der Waals surface area (Å²) < 4.78 is 67.9. The number of aliphatic imine (C=N–C) groups is 3. The number of nitrogens with zero attached hydrogens (tertiary/aromatic N) is 3. The van der Waals surface area contributed by atoms with Crippen molar-refractivity contribution in [2.75, 3.05) is 6.54 Å². The van der Waals surface area contributed by atoms with E-state index in [1.807, 2.05) is 13.0 Å². The molecule has 160 valence electrons. The van der Waals surface area contributed by atoms with Crippen molar-refractivity contribution in [2.24, 2.45) is 20.9 Å². The van der Waals surface area contributed by atoms with Crippen LogP contribution in [0.3, 0.4) is 0 Å². The van der Waals surface area contributed by atoms with Crippen LogP contribution >= 0.6 is 0 Å². The SMILES string of the molecule is C\C=N/C(=C\N=C\C1=CC(C)=NC1)CC1CC(F)(c2cc(C(F)(F)F)ccc2F)C1. The van der Waals surface area contributed by atoms with Crippen LogP contribution in [-0.4, -0.2) is 24.7 Å². The van der Waals surface area contributed by atoms with Crippen molar-refractivity contribution in [1.29, 1.82) is 0 Å². The zero-order valence-corrected chi connectivity index (χ0v) is 16.7. The molecule has 0 unspecified atom stereocenters. The van der Waals surface area contributed by atoms with Crippen LogP contribution in [0, 0.1) is 11.7 Å². The predicted octanol–water partition coefficient (Wildman–Crippen LogP) is 6.21. The van der Waals surface area contributed by atoms with Crippen molar-refractivity contribution >= 4 is 18.1 Å². The Kier molecular flexibility index (Phi) is 6.33. The highest BCUT2D eigenvalue weighted by molar-refractivity contribution is 6.01. The molecule has 0 amide bonds. The van der Waals surface area contributed by atoms with Crippen molar-refractivity contribution in [3.05, 3.63) is 58.7 Å². The molecule has 0 saturated heterocycles. The standard InChI is InChI=1S/C22H22F5N3/c1-3-29-18(13-28-11-16-6-14(2)30-12-16)7-15-9-21(24,10-15)19-8-17(22(25,26)27)4-5-20(19)23/h3-6,8,11,13,15H,7,9-10,12H2,1-2H3/b18-13-,28-11+,29-3-. The molecule has 1 aromatic rings. The molecule has 1 heterocycles. The first-order valence-electron chi connectivity index (χ1n) is 9.59. The molecule has 1 aliphatic carbocycles. The van der Waals surface area contributed by atoms with Gasteiger partial charge in [0.05, 0.1) is 17.8 Å². The zero-order chi connectivity index (χ0) is 21.9. The maximum Gasteiger partial charge on any atom is 0.416 e. The van der Waals surface area contributed by atoms with Crippen molar-refractivity contribution < 1.29 is 22.0 Å². The van der Waals surface area contributed by atoms with E-state index in [-0.39, 0.29) is 18.8 Å². The smallest absolute Gasteiger partial charge is 0.285 e. The summed E-state index contributed by atoms with van der Waals surface area (Å²) in [6.07, 6.45) is 2.41. The zero-order valence-electron chi connectivity index (χ0n) is 16.7. The van der Waals surface area contributed by atoms with E-state index in [1.54, 1.807) is 25.6 Å². The number of hydrogen-bond donors (Lipinski definition) is 0. The molecule has 1 aromatic carbocycles. The molecule has 1 fully saturated rings. The predicted molar refractivity (Wildman–Crippen MR) is 108 cm³/mol. The molecule has 3 rings (SSSR count). The Balaban J connectivity index is 1.66. The van der Waals surface area contributed by atoms with E-state index in [9.17, 15) is 17.6 Å². The van der Waals surface area contributed by atoms with E-state index in [1.165, 1.54) is 0 Å². The van der Waals surface area contributed by atoms with Crippen molar-refractivity contribution in [1.82, 2.24) is 0 Å². The second-order valence-corrected chi connectivity index (χ2v) is 7.60. The van der Waals surface area contributed by atoms with Gasteiger partial charge in [-0.1, -0.05) is 0 Å². The average molecular weight is 423 g/mol. The molecule has 0 aromatic heterocycles. The van der Waals surface area contributed by atoms with Gasteiger partial charge in [-0.15, -0.1) is 0 Å². The van der Waals surface area contributed by atoms with Crippen LogP contribution in [0.4, 0.5) is 22.0 Å². The molecule has 3 nitrogen and oxygen atoms in total. The van der Waals surface area contributed by atoms with E-state index in [0.29, 0.717) is 36.9 Å². The van der Waals surface area contributed by atoms with Crippen molar-refractivity contribution in [2.45, 2.75) is 45.0 Å². The maximum atomic E-state index is 15.1. The molecule has 0 radical (unpaired) electrons. The van der Waals surface area contributed by atoms with E-state index < -0.39 is 28.8 Å². The van der Waals surface area contributed by atoms with E-state index in [4.69, 9.17) is 0 Å². The normalized spacial score (nSPS) is 25.0. The molecule has 0 atom stereocenters. The minimum absolute atomic E-state index is 0.0658. The highest BCUT2D eigenvalue weighted by atomic mass is 19.4. The van der Waals surface area contributed by atoms with E-state index in [2.05, 4.69) is 15.0 Å². The summed E-state index contributed by atoms with van der Waals surface area (Å²) in [6.45, 7) is 4.22. The van der Waals surface area contributed by atoms with Gasteiger partial charge >= 0.3 is 6.18 Å². The van der Waals surface area contributed by atoms with E-state index >= 15 is 4.39 Å². The summed E-state index contributed by atoms with van der Waals surface area (Å²) in [5, 5.41) is 0. The van der Waals surface area contributed by atoms with Gasteiger partial charge in [-0.3, -0.25) is 15.0 Å². The van der Waals surface area contributed by atoms with Crippen LogP contribution < -0.4 is 0 Å². The number of rotatable bonds is 6. The molecule has 0 spiro atoms. The lowest BCUT2D eigenvalue weighted by molar-refractivity contribution is -0.137. The van der Waals surface area contributed by atoms with Crippen LogP contribution in [0.25, 0.3) is 0 Å². The molecule has 2 aliphatic rings. The van der Waals surface area contributed by atoms with Gasteiger partial charge in [-0.25, -0.2) is 8.78 Å². The third kappa shape index (κ3) is 5.09. The Morgan fingerprint density at radius 3 is 2.63 bits per heavy atom. The van der Waals surface area contributed by atoms with Crippen molar-refractivity contribution in [3.63, 3.8) is 0 Å². The lowest BCUT2D eigenvalue weighted by Crippen LogP contribution is -2.38. The first-order valence-corrected chi connectivity index (χ1v) is 9.59. The van der Waals surface area contributed by atoms with Gasteiger partial charge in [0.2, 0.25) is 0 Å². The summed E-state index contributed by atoms with van der Waals surface area (Å²) >= 11 is 0. The first kappa shape index (κ1) is 22.1. The minimum Gasteiger partial charge on any atom is -0.285 e. The first-order chi connectivity index (χ1) is 14.1. The number of alkyl halides is 4. The molecular formula is C22H22F5N3. The molecule has 0 N–H and O–H groups in total. The van der Waals surface area contributed by atoms with Gasteiger partial charge < -0.3 is 0 Å². The summed E-state index contributed by atoms with van der Waals surface area (Å²) in [4.78, 5) is 12.7. The Morgan fingerprint density at radius 1 is 1.30 bits per heavy atom. The molecule has 0 bridgehead atoms. The third-order valence-electron chi connectivity index (χ3n) is 5.16. The number of benzene rings is 1. The van der Waals surface area contributed by atoms with Gasteiger partial charge in [-0.2, -0.15) is 13.2 Å². The monoisotopic (exact) mass is 423 g/mol. The van der Waals surface area contributed by atoms with Crippen LogP contribution in [0.1, 0.15) is 44.2 Å². The minimum atomic E-state index is -4.65. The van der Waals surface area contributed by atoms with Crippen LogP contribution in [0.5, 0.6) is 0 Å². The van der Waals surface area contributed by atoms with Crippen LogP contribution in [0.15, 0.2) is 56.7 Å². The fourth-order valence-corrected chi connectivity index (χ4v) is 3.74. The molecule has 8 heteroatoms. The Labute approximate surface area is 171 Å². The third-order valence-corrected chi connectivity index (χ3v) is 5.16. The van der Waals surface area contributed by atoms with Gasteiger partial charge in [0, 0.05) is 29.9 Å². The summed E-state index contributed by atoms with van der Waals surface area (Å²) in [5.41, 5.74) is -1.16. The fraction of sp³-hybridized carbons (Fsp3) is 0.409. The van der Waals surface area contributed by atoms with Gasteiger partial charge in [0.15, 0.2) is 0 Å². The quantitative estimate of drug-likeness (QED) is 0.385. The summed E-state index contributed by atoms with van der Waals surface area (Å²) in [7, 11) is 0. The highest BCUT2D eigenvalue weighted by Gasteiger charge is 2.48. The Hall–Kier alpha value is -2.64. The Bertz CT molecular complexity index is 948. The molecule has 30 heavy (non-hydrogen) atoms.